The highest BCUT2D eigenvalue weighted by atomic mass is 32.2. The van der Waals surface area contributed by atoms with Gasteiger partial charge in [0.1, 0.15) is 5.82 Å². The number of nitrogens with two attached hydrogens (primary N) is 1. The third-order valence-electron chi connectivity index (χ3n) is 1.35. The fourth-order valence-corrected chi connectivity index (χ4v) is 1.25. The Balaban J connectivity index is 2.26. The summed E-state index contributed by atoms with van der Waals surface area (Å²) >= 11 is -0.0801. The summed E-state index contributed by atoms with van der Waals surface area (Å²) in [6, 6.07) is 1.54. The molecule has 0 fully saturated rings. The maximum Gasteiger partial charge on any atom is 0.441 e. The number of rotatable bonds is 4. The summed E-state index contributed by atoms with van der Waals surface area (Å²) in [5.41, 5.74) is 1.10. The molecule has 0 unspecified atom stereocenters. The summed E-state index contributed by atoms with van der Waals surface area (Å²) in [4.78, 5) is 7.42. The molecule has 1 rings (SSSR count). The summed E-state index contributed by atoms with van der Waals surface area (Å²) in [5, 5.41) is 2.71. The average molecular weight is 238 g/mol. The first-order chi connectivity index (χ1) is 6.97. The lowest BCUT2D eigenvalue weighted by molar-refractivity contribution is -0.0327. The molecule has 0 bridgehead atoms. The zero-order valence-corrected chi connectivity index (χ0v) is 8.40. The van der Waals surface area contributed by atoms with Gasteiger partial charge in [-0.05, 0) is 17.8 Å². The molecule has 0 saturated heterocycles. The predicted molar refractivity (Wildman–Crippen MR) is 53.4 cm³/mol. The van der Waals surface area contributed by atoms with Crippen LogP contribution in [-0.4, -0.2) is 27.8 Å². The summed E-state index contributed by atoms with van der Waals surface area (Å²) < 4.78 is 35.2. The van der Waals surface area contributed by atoms with Crippen molar-refractivity contribution in [1.29, 1.82) is 0 Å². The van der Waals surface area contributed by atoms with Crippen molar-refractivity contribution < 1.29 is 13.2 Å². The highest BCUT2D eigenvalue weighted by Crippen LogP contribution is 2.29. The third kappa shape index (κ3) is 5.31. The highest BCUT2D eigenvalue weighted by molar-refractivity contribution is 8.00. The van der Waals surface area contributed by atoms with E-state index in [1.165, 1.54) is 12.3 Å². The van der Waals surface area contributed by atoms with Gasteiger partial charge in [-0.3, -0.25) is 0 Å². The second-order valence-electron chi connectivity index (χ2n) is 2.52. The van der Waals surface area contributed by atoms with Gasteiger partial charge in [0.2, 0.25) is 5.95 Å². The minimum Gasteiger partial charge on any atom is -0.369 e. The van der Waals surface area contributed by atoms with Crippen LogP contribution in [0.25, 0.3) is 0 Å². The molecule has 8 heteroatoms. The van der Waals surface area contributed by atoms with E-state index >= 15 is 0 Å². The number of nitrogens with one attached hydrogen (secondary N) is 1. The van der Waals surface area contributed by atoms with Crippen LogP contribution in [0.4, 0.5) is 24.9 Å². The van der Waals surface area contributed by atoms with E-state index in [4.69, 9.17) is 5.73 Å². The minimum atomic E-state index is -4.19. The van der Waals surface area contributed by atoms with Crippen LogP contribution in [0.15, 0.2) is 12.3 Å². The van der Waals surface area contributed by atoms with E-state index < -0.39 is 5.51 Å². The number of thioether (sulfide) groups is 1. The van der Waals surface area contributed by atoms with Crippen LogP contribution >= 0.6 is 11.8 Å². The number of alkyl halides is 3. The molecule has 15 heavy (non-hydrogen) atoms. The van der Waals surface area contributed by atoms with Crippen molar-refractivity contribution in [2.45, 2.75) is 5.51 Å². The molecule has 0 atom stereocenters. The van der Waals surface area contributed by atoms with E-state index in [2.05, 4.69) is 15.3 Å². The highest BCUT2D eigenvalue weighted by Gasteiger charge is 2.27. The SMILES string of the molecule is Nc1nccc(NCCSC(F)(F)F)n1. The van der Waals surface area contributed by atoms with Crippen molar-refractivity contribution in [3.63, 3.8) is 0 Å². The first-order valence-electron chi connectivity index (χ1n) is 4.00. The Labute approximate surface area is 88.5 Å². The lowest BCUT2D eigenvalue weighted by Gasteiger charge is -2.07. The lowest BCUT2D eigenvalue weighted by Crippen LogP contribution is -2.10. The fourth-order valence-electron chi connectivity index (χ4n) is 0.818. The zero-order chi connectivity index (χ0) is 11.3. The normalized spacial score (nSPS) is 11.4. The van der Waals surface area contributed by atoms with E-state index in [-0.39, 0.29) is 30.0 Å². The van der Waals surface area contributed by atoms with E-state index in [1.807, 2.05) is 0 Å². The molecule has 0 aliphatic rings. The van der Waals surface area contributed by atoms with Gasteiger partial charge in [0.15, 0.2) is 0 Å². The van der Waals surface area contributed by atoms with Crippen LogP contribution in [0, 0.1) is 0 Å². The van der Waals surface area contributed by atoms with Gasteiger partial charge in [-0.15, -0.1) is 0 Å². The molecule has 0 aliphatic carbocycles. The summed E-state index contributed by atoms with van der Waals surface area (Å²) in [5.74, 6) is 0.432. The number of nitrogens with zero attached hydrogens (tertiary/aromatic N) is 2. The molecule has 0 amide bonds. The quantitative estimate of drug-likeness (QED) is 0.782. The Morgan fingerprint density at radius 1 is 1.47 bits per heavy atom. The van der Waals surface area contributed by atoms with Crippen molar-refractivity contribution in [2.24, 2.45) is 0 Å². The third-order valence-corrected chi connectivity index (χ3v) is 2.08. The summed E-state index contributed by atoms with van der Waals surface area (Å²) in [7, 11) is 0. The molecule has 1 heterocycles. The molecule has 0 aliphatic heterocycles. The number of halogens is 3. The van der Waals surface area contributed by atoms with Gasteiger partial charge in [-0.1, -0.05) is 0 Å². The van der Waals surface area contributed by atoms with Crippen LogP contribution in [0.5, 0.6) is 0 Å². The monoisotopic (exact) mass is 238 g/mol. The largest absolute Gasteiger partial charge is 0.441 e. The maximum atomic E-state index is 11.7. The van der Waals surface area contributed by atoms with Crippen molar-refractivity contribution in [1.82, 2.24) is 9.97 Å². The Kier molecular flexibility index (Phi) is 4.01. The molecule has 1 aromatic rings. The van der Waals surface area contributed by atoms with Crippen molar-refractivity contribution >= 4 is 23.5 Å². The van der Waals surface area contributed by atoms with Gasteiger partial charge < -0.3 is 11.1 Å². The second kappa shape index (κ2) is 5.06. The van der Waals surface area contributed by atoms with Gasteiger partial charge in [-0.2, -0.15) is 18.2 Å². The number of nitrogen functional groups attached to an aromatic ring is 1. The van der Waals surface area contributed by atoms with Crippen LogP contribution in [0.1, 0.15) is 0 Å². The first kappa shape index (κ1) is 11.9. The van der Waals surface area contributed by atoms with E-state index in [9.17, 15) is 13.2 Å². The van der Waals surface area contributed by atoms with Gasteiger partial charge in [0.05, 0.1) is 0 Å². The van der Waals surface area contributed by atoms with Crippen molar-refractivity contribution in [2.75, 3.05) is 23.3 Å². The Morgan fingerprint density at radius 2 is 2.20 bits per heavy atom. The summed E-state index contributed by atoms with van der Waals surface area (Å²) in [6.07, 6.45) is 1.43. The number of anilines is 2. The number of aromatic nitrogens is 2. The maximum absolute atomic E-state index is 11.7. The minimum absolute atomic E-state index is 0.0760. The van der Waals surface area contributed by atoms with Crippen molar-refractivity contribution in [3.05, 3.63) is 12.3 Å². The molecule has 0 aromatic carbocycles. The van der Waals surface area contributed by atoms with Gasteiger partial charge in [0, 0.05) is 18.5 Å². The fraction of sp³-hybridized carbons (Fsp3) is 0.429. The number of hydrogen-bond donors (Lipinski definition) is 2. The van der Waals surface area contributed by atoms with E-state index in [0.717, 1.165) is 0 Å². The standard InChI is InChI=1S/C7H9F3N4S/c8-7(9,10)15-4-3-12-5-1-2-13-6(11)14-5/h1-2H,3-4H2,(H3,11,12,13,14). The van der Waals surface area contributed by atoms with E-state index in [0.29, 0.717) is 5.82 Å². The Bertz CT molecular complexity index is 317. The number of hydrogen-bond acceptors (Lipinski definition) is 5. The molecular formula is C7H9F3N4S. The van der Waals surface area contributed by atoms with E-state index in [1.54, 1.807) is 0 Å². The van der Waals surface area contributed by atoms with Crippen LogP contribution < -0.4 is 11.1 Å². The molecule has 1 aromatic heterocycles. The Morgan fingerprint density at radius 3 is 2.80 bits per heavy atom. The molecule has 0 spiro atoms. The molecule has 3 N–H and O–H groups in total. The Hall–Kier alpha value is -1.18. The first-order valence-corrected chi connectivity index (χ1v) is 4.99. The lowest BCUT2D eigenvalue weighted by atomic mass is 10.5. The van der Waals surface area contributed by atoms with Crippen LogP contribution in [0.3, 0.4) is 0 Å². The van der Waals surface area contributed by atoms with Gasteiger partial charge >= 0.3 is 5.51 Å². The molecule has 0 saturated carbocycles. The molecule has 0 radical (unpaired) electrons. The zero-order valence-electron chi connectivity index (χ0n) is 7.58. The molecular weight excluding hydrogens is 229 g/mol. The second-order valence-corrected chi connectivity index (χ2v) is 3.68. The van der Waals surface area contributed by atoms with Gasteiger partial charge in [-0.25, -0.2) is 4.98 Å². The van der Waals surface area contributed by atoms with Crippen LogP contribution in [-0.2, 0) is 0 Å². The predicted octanol–water partition coefficient (Wildman–Crippen LogP) is 1.72. The van der Waals surface area contributed by atoms with Crippen molar-refractivity contribution in [3.8, 4) is 0 Å². The smallest absolute Gasteiger partial charge is 0.369 e. The van der Waals surface area contributed by atoms with Gasteiger partial charge in [0.25, 0.3) is 0 Å². The average Bonchev–Trinajstić information content (AvgIpc) is 2.11. The molecule has 4 nitrogen and oxygen atoms in total. The molecule has 84 valence electrons. The summed E-state index contributed by atoms with van der Waals surface area (Å²) in [6.45, 7) is 0.167. The van der Waals surface area contributed by atoms with Crippen LogP contribution in [0.2, 0.25) is 0 Å². The topological polar surface area (TPSA) is 63.8 Å².